The number of rotatable bonds is 3. The number of fused-ring (bicyclic) bond motifs is 1. The number of amides is 1. The van der Waals surface area contributed by atoms with E-state index in [9.17, 15) is 4.79 Å². The lowest BCUT2D eigenvalue weighted by Gasteiger charge is -2.05. The number of carbonyl (C=O) groups excluding carboxylic acids is 1. The summed E-state index contributed by atoms with van der Waals surface area (Å²) in [5, 5.41) is 3.45. The van der Waals surface area contributed by atoms with Gasteiger partial charge in [0.1, 0.15) is 5.52 Å². The van der Waals surface area contributed by atoms with Crippen LogP contribution >= 0.6 is 11.6 Å². The van der Waals surface area contributed by atoms with Gasteiger partial charge in [-0.1, -0.05) is 25.4 Å². The first-order chi connectivity index (χ1) is 10.5. The third-order valence-corrected chi connectivity index (χ3v) is 3.52. The molecule has 112 valence electrons. The van der Waals surface area contributed by atoms with Gasteiger partial charge in [0.25, 0.3) is 5.91 Å². The van der Waals surface area contributed by atoms with Crippen molar-refractivity contribution in [2.75, 3.05) is 5.32 Å². The Bertz CT molecular complexity index is 822. The Morgan fingerprint density at radius 3 is 2.59 bits per heavy atom. The van der Waals surface area contributed by atoms with Crippen LogP contribution in [0.2, 0.25) is 5.02 Å². The van der Waals surface area contributed by atoms with E-state index in [4.69, 9.17) is 16.0 Å². The second-order valence-electron chi connectivity index (χ2n) is 5.35. The first kappa shape index (κ1) is 14.6. The van der Waals surface area contributed by atoms with Crippen molar-refractivity contribution in [1.82, 2.24) is 4.98 Å². The van der Waals surface area contributed by atoms with E-state index in [1.54, 1.807) is 42.5 Å². The van der Waals surface area contributed by atoms with Crippen molar-refractivity contribution in [3.05, 3.63) is 58.9 Å². The summed E-state index contributed by atoms with van der Waals surface area (Å²) in [4.78, 5) is 16.7. The van der Waals surface area contributed by atoms with Crippen LogP contribution in [0.4, 0.5) is 5.69 Å². The molecule has 0 radical (unpaired) electrons. The second-order valence-corrected chi connectivity index (χ2v) is 5.79. The van der Waals surface area contributed by atoms with Crippen molar-refractivity contribution in [3.8, 4) is 0 Å². The third-order valence-electron chi connectivity index (χ3n) is 3.26. The minimum Gasteiger partial charge on any atom is -0.440 e. The highest BCUT2D eigenvalue weighted by Gasteiger charge is 2.12. The largest absolute Gasteiger partial charge is 0.440 e. The van der Waals surface area contributed by atoms with Gasteiger partial charge in [-0.3, -0.25) is 4.79 Å². The Morgan fingerprint density at radius 2 is 1.91 bits per heavy atom. The second kappa shape index (κ2) is 5.81. The molecule has 1 aromatic heterocycles. The van der Waals surface area contributed by atoms with Crippen LogP contribution in [0.1, 0.15) is 36.0 Å². The maximum Gasteiger partial charge on any atom is 0.255 e. The van der Waals surface area contributed by atoms with Crippen molar-refractivity contribution in [3.63, 3.8) is 0 Å². The number of hydrogen-bond donors (Lipinski definition) is 1. The van der Waals surface area contributed by atoms with E-state index in [1.807, 2.05) is 13.8 Å². The molecule has 2 aromatic carbocycles. The molecule has 3 rings (SSSR count). The molecule has 3 aromatic rings. The van der Waals surface area contributed by atoms with Crippen LogP contribution < -0.4 is 5.32 Å². The summed E-state index contributed by atoms with van der Waals surface area (Å²) in [5.74, 6) is 0.677. The van der Waals surface area contributed by atoms with Gasteiger partial charge in [-0.25, -0.2) is 4.98 Å². The van der Waals surface area contributed by atoms with Crippen LogP contribution in [-0.2, 0) is 0 Å². The summed E-state index contributed by atoms with van der Waals surface area (Å²) in [6, 6.07) is 12.2. The molecule has 0 atom stereocenters. The normalized spacial score (nSPS) is 11.1. The molecule has 0 unspecified atom stereocenters. The van der Waals surface area contributed by atoms with E-state index in [0.29, 0.717) is 27.7 Å². The molecule has 5 heteroatoms. The Labute approximate surface area is 133 Å². The summed E-state index contributed by atoms with van der Waals surface area (Å²) >= 11 is 5.83. The van der Waals surface area contributed by atoms with Gasteiger partial charge in [0.05, 0.1) is 0 Å². The molecule has 1 heterocycles. The fourth-order valence-electron chi connectivity index (χ4n) is 2.07. The predicted molar refractivity (Wildman–Crippen MR) is 87.5 cm³/mol. The number of oxazole rings is 1. The zero-order chi connectivity index (χ0) is 15.7. The van der Waals surface area contributed by atoms with Crippen LogP contribution in [0.25, 0.3) is 11.1 Å². The standard InChI is InChI=1S/C17H15ClN2O2/c1-10(2)17-20-14-8-3-11(9-15(14)22-17)16(21)19-13-6-4-12(18)5-7-13/h3-10H,1-2H3,(H,19,21). The number of halogens is 1. The van der Waals surface area contributed by atoms with Gasteiger partial charge in [0, 0.05) is 22.2 Å². The molecule has 0 saturated carbocycles. The lowest BCUT2D eigenvalue weighted by molar-refractivity contribution is 0.102. The molecule has 0 aliphatic rings. The molecular formula is C17H15ClN2O2. The molecule has 22 heavy (non-hydrogen) atoms. The smallest absolute Gasteiger partial charge is 0.255 e. The van der Waals surface area contributed by atoms with E-state index in [0.717, 1.165) is 5.52 Å². The molecule has 0 fully saturated rings. The van der Waals surface area contributed by atoms with Gasteiger partial charge < -0.3 is 9.73 Å². The molecule has 1 amide bonds. The van der Waals surface area contributed by atoms with Gasteiger partial charge in [0.15, 0.2) is 11.5 Å². The first-order valence-electron chi connectivity index (χ1n) is 7.00. The van der Waals surface area contributed by atoms with Crippen molar-refractivity contribution >= 4 is 34.3 Å². The number of anilines is 1. The molecule has 0 aliphatic heterocycles. The Morgan fingerprint density at radius 1 is 1.18 bits per heavy atom. The van der Waals surface area contributed by atoms with Gasteiger partial charge in [-0.15, -0.1) is 0 Å². The number of carbonyl (C=O) groups is 1. The Hall–Kier alpha value is -2.33. The fourth-order valence-corrected chi connectivity index (χ4v) is 2.19. The summed E-state index contributed by atoms with van der Waals surface area (Å²) in [5.41, 5.74) is 2.59. The number of aromatic nitrogens is 1. The summed E-state index contributed by atoms with van der Waals surface area (Å²) in [6.45, 7) is 4.03. The number of nitrogens with one attached hydrogen (secondary N) is 1. The zero-order valence-corrected chi connectivity index (χ0v) is 13.0. The van der Waals surface area contributed by atoms with Crippen LogP contribution in [-0.4, -0.2) is 10.9 Å². The number of nitrogens with zero attached hydrogens (tertiary/aromatic N) is 1. The average Bonchev–Trinajstić information content (AvgIpc) is 2.93. The van der Waals surface area contributed by atoms with Crippen LogP contribution in [0.15, 0.2) is 46.9 Å². The molecule has 4 nitrogen and oxygen atoms in total. The SMILES string of the molecule is CC(C)c1nc2ccc(C(=O)Nc3ccc(Cl)cc3)cc2o1. The summed E-state index contributed by atoms with van der Waals surface area (Å²) in [7, 11) is 0. The lowest BCUT2D eigenvalue weighted by Crippen LogP contribution is -2.11. The molecule has 0 aliphatic carbocycles. The predicted octanol–water partition coefficient (Wildman–Crippen LogP) is 4.86. The van der Waals surface area contributed by atoms with Gasteiger partial charge in [-0.05, 0) is 42.5 Å². The first-order valence-corrected chi connectivity index (χ1v) is 7.38. The van der Waals surface area contributed by atoms with Crippen molar-refractivity contribution in [2.24, 2.45) is 0 Å². The summed E-state index contributed by atoms with van der Waals surface area (Å²) < 4.78 is 5.68. The topological polar surface area (TPSA) is 55.1 Å². The highest BCUT2D eigenvalue weighted by atomic mass is 35.5. The van der Waals surface area contributed by atoms with Crippen molar-refractivity contribution < 1.29 is 9.21 Å². The monoisotopic (exact) mass is 314 g/mol. The molecule has 0 bridgehead atoms. The molecule has 0 saturated heterocycles. The number of benzene rings is 2. The number of hydrogen-bond acceptors (Lipinski definition) is 3. The maximum atomic E-state index is 12.3. The van der Waals surface area contributed by atoms with E-state index in [2.05, 4.69) is 10.3 Å². The zero-order valence-electron chi connectivity index (χ0n) is 12.3. The molecular weight excluding hydrogens is 300 g/mol. The van der Waals surface area contributed by atoms with Crippen LogP contribution in [0.3, 0.4) is 0 Å². The van der Waals surface area contributed by atoms with Crippen molar-refractivity contribution in [2.45, 2.75) is 19.8 Å². The van der Waals surface area contributed by atoms with E-state index >= 15 is 0 Å². The summed E-state index contributed by atoms with van der Waals surface area (Å²) in [6.07, 6.45) is 0. The Balaban J connectivity index is 1.85. The van der Waals surface area contributed by atoms with Gasteiger partial charge in [-0.2, -0.15) is 0 Å². The van der Waals surface area contributed by atoms with Gasteiger partial charge in [0.2, 0.25) is 0 Å². The minimum absolute atomic E-state index is 0.202. The van der Waals surface area contributed by atoms with Crippen LogP contribution in [0, 0.1) is 0 Å². The van der Waals surface area contributed by atoms with E-state index in [-0.39, 0.29) is 11.8 Å². The molecule has 1 N–H and O–H groups in total. The lowest BCUT2D eigenvalue weighted by atomic mass is 10.2. The highest BCUT2D eigenvalue weighted by molar-refractivity contribution is 6.30. The average molecular weight is 315 g/mol. The van der Waals surface area contributed by atoms with E-state index < -0.39 is 0 Å². The van der Waals surface area contributed by atoms with Crippen molar-refractivity contribution in [1.29, 1.82) is 0 Å². The van der Waals surface area contributed by atoms with Crippen LogP contribution in [0.5, 0.6) is 0 Å². The fraction of sp³-hybridized carbons (Fsp3) is 0.176. The maximum absolute atomic E-state index is 12.3. The third kappa shape index (κ3) is 2.97. The Kier molecular flexibility index (Phi) is 3.86. The molecule has 0 spiro atoms. The van der Waals surface area contributed by atoms with Gasteiger partial charge >= 0.3 is 0 Å². The highest BCUT2D eigenvalue weighted by Crippen LogP contribution is 2.22. The minimum atomic E-state index is -0.202. The quantitative estimate of drug-likeness (QED) is 0.751. The van der Waals surface area contributed by atoms with E-state index in [1.165, 1.54) is 0 Å².